The first-order chi connectivity index (χ1) is 14.7. The molecule has 0 unspecified atom stereocenters. The summed E-state index contributed by atoms with van der Waals surface area (Å²) in [7, 11) is 1.84. The van der Waals surface area contributed by atoms with Crippen molar-refractivity contribution in [3.8, 4) is 5.75 Å². The van der Waals surface area contributed by atoms with Crippen LogP contribution < -0.4 is 10.1 Å². The number of benzene rings is 1. The predicted molar refractivity (Wildman–Crippen MR) is 119 cm³/mol. The summed E-state index contributed by atoms with van der Waals surface area (Å²) in [5.74, 6) is 0.0124. The van der Waals surface area contributed by atoms with Crippen molar-refractivity contribution >= 4 is 56.7 Å². The number of hydrogen-bond acceptors (Lipinski definition) is 5. The van der Waals surface area contributed by atoms with Crippen LogP contribution in [0.25, 0.3) is 10.9 Å². The standard InChI is InChI=1S/C20H18BrF3N4O3.ClH/c1-27-5-4-13-17(27)14(19(29)28-6-8-30-9-7-28)11-25-18(13)26-12-2-3-16(15(21)10-12)31-20(22,23)24;/h2-5,10-11H,6-9H2,1H3,(H,25,26);1H. The van der Waals surface area contributed by atoms with Gasteiger partial charge < -0.3 is 24.3 Å². The number of carbonyl (C=O) groups excluding carboxylic acids is 1. The van der Waals surface area contributed by atoms with Crippen LogP contribution in [0.2, 0.25) is 0 Å². The molecule has 0 aliphatic carbocycles. The number of carbonyl (C=O) groups is 1. The summed E-state index contributed by atoms with van der Waals surface area (Å²) in [5, 5.41) is 3.82. The Morgan fingerprint density at radius 3 is 2.62 bits per heavy atom. The van der Waals surface area contributed by atoms with E-state index in [0.29, 0.717) is 54.3 Å². The Bertz CT molecular complexity index is 1130. The molecule has 0 radical (unpaired) electrons. The lowest BCUT2D eigenvalue weighted by molar-refractivity contribution is -0.274. The maximum atomic E-state index is 13.0. The number of aromatic nitrogens is 2. The number of morpholine rings is 1. The first-order valence-corrected chi connectivity index (χ1v) is 10.2. The molecule has 1 N–H and O–H groups in total. The van der Waals surface area contributed by atoms with E-state index in [4.69, 9.17) is 4.74 Å². The van der Waals surface area contributed by atoms with Crippen molar-refractivity contribution in [1.29, 1.82) is 0 Å². The molecular weight excluding hydrogens is 517 g/mol. The molecule has 4 rings (SSSR count). The lowest BCUT2D eigenvalue weighted by Gasteiger charge is -2.27. The summed E-state index contributed by atoms with van der Waals surface area (Å²) in [6.07, 6.45) is -1.44. The summed E-state index contributed by atoms with van der Waals surface area (Å²) in [6.45, 7) is 2.03. The summed E-state index contributed by atoms with van der Waals surface area (Å²) in [5.41, 5.74) is 1.70. The Balaban J connectivity index is 0.00000289. The van der Waals surface area contributed by atoms with Gasteiger partial charge in [0.15, 0.2) is 0 Å². The van der Waals surface area contributed by atoms with Gasteiger partial charge in [-0.15, -0.1) is 25.6 Å². The second-order valence-corrected chi connectivity index (χ2v) is 7.79. The van der Waals surface area contributed by atoms with Gasteiger partial charge in [-0.05, 0) is 40.2 Å². The third-order valence-corrected chi connectivity index (χ3v) is 5.47. The van der Waals surface area contributed by atoms with Crippen molar-refractivity contribution in [3.63, 3.8) is 0 Å². The first-order valence-electron chi connectivity index (χ1n) is 9.36. The molecule has 1 aliphatic heterocycles. The Hall–Kier alpha value is -2.50. The molecule has 3 aromatic rings. The Labute approximate surface area is 196 Å². The van der Waals surface area contributed by atoms with E-state index in [1.165, 1.54) is 24.4 Å². The molecular formula is C20H19BrClF3N4O3. The topological polar surface area (TPSA) is 68.6 Å². The SMILES string of the molecule is Cl.Cn1ccc2c(Nc3ccc(OC(F)(F)F)c(Br)c3)ncc(C(=O)N3CCOCC3)c21. The van der Waals surface area contributed by atoms with Gasteiger partial charge >= 0.3 is 6.36 Å². The van der Waals surface area contributed by atoms with Crippen LogP contribution in [0, 0.1) is 0 Å². The molecule has 0 bridgehead atoms. The fourth-order valence-electron chi connectivity index (χ4n) is 3.43. The Kier molecular flexibility index (Phi) is 7.21. The minimum absolute atomic E-state index is 0. The minimum atomic E-state index is -4.78. The largest absolute Gasteiger partial charge is 0.573 e. The van der Waals surface area contributed by atoms with Crippen LogP contribution in [-0.4, -0.2) is 53.0 Å². The van der Waals surface area contributed by atoms with E-state index < -0.39 is 6.36 Å². The summed E-state index contributed by atoms with van der Waals surface area (Å²) >= 11 is 3.09. The van der Waals surface area contributed by atoms with Crippen molar-refractivity contribution in [2.75, 3.05) is 31.6 Å². The van der Waals surface area contributed by atoms with Crippen LogP contribution in [0.4, 0.5) is 24.7 Å². The highest BCUT2D eigenvalue weighted by Gasteiger charge is 2.32. The smallest absolute Gasteiger partial charge is 0.405 e. The van der Waals surface area contributed by atoms with Crippen molar-refractivity contribution < 1.29 is 27.4 Å². The van der Waals surface area contributed by atoms with E-state index in [-0.39, 0.29) is 28.5 Å². The van der Waals surface area contributed by atoms with E-state index in [2.05, 4.69) is 31.0 Å². The number of ether oxygens (including phenoxy) is 2. The summed E-state index contributed by atoms with van der Waals surface area (Å²) < 4.78 is 48.7. The number of hydrogen-bond donors (Lipinski definition) is 1. The summed E-state index contributed by atoms with van der Waals surface area (Å²) in [4.78, 5) is 19.2. The predicted octanol–water partition coefficient (Wildman–Crippen LogP) is 4.87. The maximum Gasteiger partial charge on any atom is 0.573 e. The van der Waals surface area contributed by atoms with Gasteiger partial charge in [-0.1, -0.05) is 0 Å². The monoisotopic (exact) mass is 534 g/mol. The van der Waals surface area contributed by atoms with Crippen molar-refractivity contribution in [2.24, 2.45) is 7.05 Å². The Morgan fingerprint density at radius 1 is 1.25 bits per heavy atom. The average molecular weight is 536 g/mol. The Morgan fingerprint density at radius 2 is 1.97 bits per heavy atom. The first kappa shape index (κ1) is 24.1. The number of amides is 1. The van der Waals surface area contributed by atoms with Gasteiger partial charge in [-0.25, -0.2) is 4.98 Å². The number of rotatable bonds is 4. The van der Waals surface area contributed by atoms with E-state index in [0.717, 1.165) is 0 Å². The normalized spacial score (nSPS) is 14.2. The lowest BCUT2D eigenvalue weighted by Crippen LogP contribution is -2.40. The second kappa shape index (κ2) is 9.55. The minimum Gasteiger partial charge on any atom is -0.405 e. The fraction of sp³-hybridized carbons (Fsp3) is 0.300. The molecule has 3 heterocycles. The molecule has 1 amide bonds. The zero-order valence-electron chi connectivity index (χ0n) is 16.8. The van der Waals surface area contributed by atoms with Crippen LogP contribution in [0.15, 0.2) is 41.1 Å². The van der Waals surface area contributed by atoms with Gasteiger partial charge in [0.05, 0.1) is 28.8 Å². The number of nitrogens with zero attached hydrogens (tertiary/aromatic N) is 3. The van der Waals surface area contributed by atoms with Crippen LogP contribution in [-0.2, 0) is 11.8 Å². The zero-order valence-corrected chi connectivity index (χ0v) is 19.2. The molecule has 172 valence electrons. The number of pyridine rings is 1. The number of aryl methyl sites for hydroxylation is 1. The highest BCUT2D eigenvalue weighted by molar-refractivity contribution is 9.10. The number of fused-ring (bicyclic) bond motifs is 1. The molecule has 0 spiro atoms. The zero-order chi connectivity index (χ0) is 22.2. The number of alkyl halides is 3. The van der Waals surface area contributed by atoms with E-state index >= 15 is 0 Å². The van der Waals surface area contributed by atoms with Gasteiger partial charge in [0.2, 0.25) is 0 Å². The molecule has 1 fully saturated rings. The van der Waals surface area contributed by atoms with Crippen molar-refractivity contribution in [2.45, 2.75) is 6.36 Å². The fourth-order valence-corrected chi connectivity index (χ4v) is 3.89. The van der Waals surface area contributed by atoms with E-state index in [1.807, 2.05) is 23.9 Å². The second-order valence-electron chi connectivity index (χ2n) is 6.93. The third kappa shape index (κ3) is 5.11. The highest BCUT2D eigenvalue weighted by atomic mass is 79.9. The molecule has 0 atom stereocenters. The quantitative estimate of drug-likeness (QED) is 0.516. The van der Waals surface area contributed by atoms with E-state index in [9.17, 15) is 18.0 Å². The van der Waals surface area contributed by atoms with E-state index in [1.54, 1.807) is 4.90 Å². The van der Waals surface area contributed by atoms with Crippen molar-refractivity contribution in [3.05, 3.63) is 46.7 Å². The third-order valence-electron chi connectivity index (χ3n) is 4.85. The number of halogens is 5. The number of nitrogens with one attached hydrogen (secondary N) is 1. The van der Waals surface area contributed by atoms with Gasteiger partial charge in [-0.3, -0.25) is 4.79 Å². The van der Waals surface area contributed by atoms with Crippen LogP contribution in [0.5, 0.6) is 5.75 Å². The molecule has 7 nitrogen and oxygen atoms in total. The van der Waals surface area contributed by atoms with Crippen LogP contribution >= 0.6 is 28.3 Å². The molecule has 1 saturated heterocycles. The van der Waals surface area contributed by atoms with Crippen LogP contribution in [0.1, 0.15) is 10.4 Å². The van der Waals surface area contributed by atoms with Gasteiger partial charge in [-0.2, -0.15) is 0 Å². The molecule has 32 heavy (non-hydrogen) atoms. The summed E-state index contributed by atoms with van der Waals surface area (Å²) in [6, 6.07) is 5.95. The average Bonchev–Trinajstić information content (AvgIpc) is 3.12. The molecule has 2 aromatic heterocycles. The maximum absolute atomic E-state index is 13.0. The number of anilines is 2. The van der Waals surface area contributed by atoms with Crippen LogP contribution in [0.3, 0.4) is 0 Å². The molecule has 0 saturated carbocycles. The van der Waals surface area contributed by atoms with Gasteiger partial charge in [0, 0.05) is 43.6 Å². The molecule has 1 aromatic carbocycles. The van der Waals surface area contributed by atoms with Gasteiger partial charge in [0.25, 0.3) is 5.91 Å². The van der Waals surface area contributed by atoms with Gasteiger partial charge in [0.1, 0.15) is 11.6 Å². The molecule has 1 aliphatic rings. The molecule has 12 heteroatoms. The highest BCUT2D eigenvalue weighted by Crippen LogP contribution is 2.34. The van der Waals surface area contributed by atoms with Crippen molar-refractivity contribution in [1.82, 2.24) is 14.5 Å². The lowest BCUT2D eigenvalue weighted by atomic mass is 10.1.